The van der Waals surface area contributed by atoms with Crippen molar-refractivity contribution in [3.63, 3.8) is 0 Å². The van der Waals surface area contributed by atoms with Gasteiger partial charge in [0.15, 0.2) is 0 Å². The summed E-state index contributed by atoms with van der Waals surface area (Å²) in [6.45, 7) is 5.11. The van der Waals surface area contributed by atoms with Crippen molar-refractivity contribution in [1.29, 1.82) is 0 Å². The molecule has 1 aliphatic carbocycles. The Morgan fingerprint density at radius 2 is 1.69 bits per heavy atom. The lowest BCUT2D eigenvalue weighted by Crippen LogP contribution is -2.28. The van der Waals surface area contributed by atoms with Crippen LogP contribution >= 0.6 is 15.9 Å². The van der Waals surface area contributed by atoms with E-state index < -0.39 is 35.1 Å². The zero-order chi connectivity index (χ0) is 25.8. The maximum absolute atomic E-state index is 14.2. The van der Waals surface area contributed by atoms with Gasteiger partial charge in [-0.2, -0.15) is 13.2 Å². The third kappa shape index (κ3) is 7.56. The quantitative estimate of drug-likeness (QED) is 0.358. The van der Waals surface area contributed by atoms with Crippen LogP contribution in [0.4, 0.5) is 18.9 Å². The highest BCUT2D eigenvalue weighted by Gasteiger charge is 2.38. The summed E-state index contributed by atoms with van der Waals surface area (Å²) in [5.74, 6) is -1.50. The summed E-state index contributed by atoms with van der Waals surface area (Å²) in [5, 5.41) is 2.59. The fourth-order valence-electron chi connectivity index (χ4n) is 4.69. The Morgan fingerprint density at radius 3 is 2.26 bits per heavy atom. The van der Waals surface area contributed by atoms with E-state index in [0.29, 0.717) is 0 Å². The Balaban J connectivity index is 1.88. The molecule has 0 heterocycles. The molecule has 35 heavy (non-hydrogen) atoms. The number of halogens is 4. The van der Waals surface area contributed by atoms with Gasteiger partial charge in [0, 0.05) is 10.9 Å². The van der Waals surface area contributed by atoms with Crippen molar-refractivity contribution in [1.82, 2.24) is 0 Å². The summed E-state index contributed by atoms with van der Waals surface area (Å²) in [6, 6.07) is 11.4. The minimum atomic E-state index is -4.70. The number of hydrogen-bond donors (Lipinski definition) is 1. The van der Waals surface area contributed by atoms with Gasteiger partial charge >= 0.3 is 12.1 Å². The van der Waals surface area contributed by atoms with Gasteiger partial charge in [-0.3, -0.25) is 9.59 Å². The first-order valence-corrected chi connectivity index (χ1v) is 12.6. The van der Waals surface area contributed by atoms with Gasteiger partial charge in [-0.15, -0.1) is 0 Å². The molecule has 0 saturated heterocycles. The van der Waals surface area contributed by atoms with Crippen LogP contribution in [0.15, 0.2) is 46.9 Å². The minimum Gasteiger partial charge on any atom is -0.460 e. The molecule has 0 aliphatic heterocycles. The van der Waals surface area contributed by atoms with Crippen molar-refractivity contribution < 1.29 is 27.5 Å². The number of amides is 1. The normalized spacial score (nSPS) is 15.6. The van der Waals surface area contributed by atoms with E-state index in [4.69, 9.17) is 4.74 Å². The van der Waals surface area contributed by atoms with E-state index in [1.807, 2.05) is 24.3 Å². The van der Waals surface area contributed by atoms with E-state index in [2.05, 4.69) is 21.2 Å². The predicted octanol–water partition coefficient (Wildman–Crippen LogP) is 7.65. The Labute approximate surface area is 212 Å². The van der Waals surface area contributed by atoms with E-state index in [0.717, 1.165) is 35.7 Å². The number of carbonyl (C=O) groups excluding carboxylic acids is 2. The molecular weight excluding hydrogens is 523 g/mol. The molecule has 0 spiro atoms. The molecule has 3 rings (SSSR count). The van der Waals surface area contributed by atoms with E-state index in [1.54, 1.807) is 20.8 Å². The van der Waals surface area contributed by atoms with Gasteiger partial charge in [-0.25, -0.2) is 0 Å². The van der Waals surface area contributed by atoms with Gasteiger partial charge in [0.1, 0.15) is 5.60 Å². The monoisotopic (exact) mass is 553 g/mol. The summed E-state index contributed by atoms with van der Waals surface area (Å²) in [5.41, 5.74) is -1.20. The number of esters is 1. The van der Waals surface area contributed by atoms with Crippen molar-refractivity contribution in [2.45, 2.75) is 77.0 Å². The number of anilines is 1. The molecule has 1 fully saturated rings. The molecule has 1 aliphatic rings. The Kier molecular flexibility index (Phi) is 8.67. The Hall–Kier alpha value is -2.35. The maximum Gasteiger partial charge on any atom is 0.418 e. The molecule has 1 unspecified atom stereocenters. The summed E-state index contributed by atoms with van der Waals surface area (Å²) in [4.78, 5) is 25.5. The molecule has 8 heteroatoms. The van der Waals surface area contributed by atoms with Crippen LogP contribution in [-0.4, -0.2) is 17.5 Å². The first kappa shape index (κ1) is 27.2. The maximum atomic E-state index is 14.2. The second-order valence-corrected chi connectivity index (χ2v) is 10.9. The molecule has 2 aromatic carbocycles. The highest BCUT2D eigenvalue weighted by molar-refractivity contribution is 9.10. The molecule has 190 valence electrons. The van der Waals surface area contributed by atoms with Crippen LogP contribution in [0.5, 0.6) is 0 Å². The lowest BCUT2D eigenvalue weighted by molar-refractivity contribution is -0.155. The van der Waals surface area contributed by atoms with Crippen molar-refractivity contribution >= 4 is 33.5 Å². The molecule has 0 bridgehead atoms. The first-order chi connectivity index (χ1) is 16.3. The Morgan fingerprint density at radius 1 is 1.06 bits per heavy atom. The third-order valence-corrected chi connectivity index (χ3v) is 6.62. The van der Waals surface area contributed by atoms with Gasteiger partial charge in [-0.05, 0) is 75.3 Å². The number of ether oxygens (including phenoxy) is 1. The minimum absolute atomic E-state index is 0.0535. The number of alkyl halides is 3. The molecule has 0 radical (unpaired) electrons. The van der Waals surface area contributed by atoms with Crippen LogP contribution < -0.4 is 5.32 Å². The highest BCUT2D eigenvalue weighted by Crippen LogP contribution is 2.41. The third-order valence-electron chi connectivity index (χ3n) is 6.09. The van der Waals surface area contributed by atoms with Crippen LogP contribution in [0.25, 0.3) is 0 Å². The van der Waals surface area contributed by atoms with Gasteiger partial charge in [0.25, 0.3) is 0 Å². The lowest BCUT2D eigenvalue weighted by atomic mass is 9.84. The number of carbonyl (C=O) groups is 2. The van der Waals surface area contributed by atoms with Gasteiger partial charge in [0.2, 0.25) is 5.91 Å². The van der Waals surface area contributed by atoms with E-state index in [-0.39, 0.29) is 30.0 Å². The topological polar surface area (TPSA) is 55.4 Å². The smallest absolute Gasteiger partial charge is 0.418 e. The molecule has 1 amide bonds. The fourth-order valence-corrected chi connectivity index (χ4v) is 4.95. The lowest BCUT2D eigenvalue weighted by Gasteiger charge is -2.25. The fraction of sp³-hybridized carbons (Fsp3) is 0.481. The summed E-state index contributed by atoms with van der Waals surface area (Å²) in [7, 11) is 0. The number of hydrogen-bond acceptors (Lipinski definition) is 3. The summed E-state index contributed by atoms with van der Waals surface area (Å²) in [6.07, 6.45) is -1.33. The van der Waals surface area contributed by atoms with Crippen molar-refractivity contribution in [2.24, 2.45) is 5.92 Å². The predicted molar refractivity (Wildman–Crippen MR) is 133 cm³/mol. The largest absolute Gasteiger partial charge is 0.460 e. The summed E-state index contributed by atoms with van der Waals surface area (Å²) >= 11 is 3.39. The molecule has 1 saturated carbocycles. The van der Waals surface area contributed by atoms with Crippen molar-refractivity contribution in [3.8, 4) is 0 Å². The SMILES string of the molecule is CC(C)(C)OC(=O)CCc1cccc(NC(=O)C(c2ccc(Br)cc2)C2CCCC2)c1C(F)(F)F. The molecule has 1 N–H and O–H groups in total. The van der Waals surface area contributed by atoms with E-state index in [9.17, 15) is 22.8 Å². The zero-order valence-corrected chi connectivity index (χ0v) is 21.8. The number of rotatable bonds is 7. The van der Waals surface area contributed by atoms with Crippen LogP contribution in [0.3, 0.4) is 0 Å². The van der Waals surface area contributed by atoms with E-state index in [1.165, 1.54) is 18.2 Å². The van der Waals surface area contributed by atoms with Crippen LogP contribution in [0, 0.1) is 5.92 Å². The second kappa shape index (κ2) is 11.1. The first-order valence-electron chi connectivity index (χ1n) is 11.8. The highest BCUT2D eigenvalue weighted by atomic mass is 79.9. The van der Waals surface area contributed by atoms with Crippen molar-refractivity contribution in [2.75, 3.05) is 5.32 Å². The average Bonchev–Trinajstić information content (AvgIpc) is 3.26. The average molecular weight is 554 g/mol. The molecule has 2 aromatic rings. The van der Waals surface area contributed by atoms with Gasteiger partial charge < -0.3 is 10.1 Å². The van der Waals surface area contributed by atoms with Crippen molar-refractivity contribution in [3.05, 3.63) is 63.6 Å². The number of nitrogens with one attached hydrogen (secondary N) is 1. The number of benzene rings is 2. The molecule has 1 atom stereocenters. The Bertz CT molecular complexity index is 1040. The zero-order valence-electron chi connectivity index (χ0n) is 20.2. The van der Waals surface area contributed by atoms with Crippen LogP contribution in [-0.2, 0) is 26.9 Å². The van der Waals surface area contributed by atoms with Crippen LogP contribution in [0.2, 0.25) is 0 Å². The summed E-state index contributed by atoms with van der Waals surface area (Å²) < 4.78 is 48.6. The number of aryl methyl sites for hydroxylation is 1. The van der Waals surface area contributed by atoms with Crippen LogP contribution in [0.1, 0.15) is 75.5 Å². The van der Waals surface area contributed by atoms with E-state index >= 15 is 0 Å². The van der Waals surface area contributed by atoms with Gasteiger partial charge in [0.05, 0.1) is 17.2 Å². The van der Waals surface area contributed by atoms with Gasteiger partial charge in [-0.1, -0.05) is 53.0 Å². The molecular formula is C27H31BrF3NO3. The standard InChI is InChI=1S/C27H31BrF3NO3/c1-26(2,3)35-22(33)16-13-19-9-6-10-21(24(19)27(29,30)31)32-25(34)23(17-7-4-5-8-17)18-11-14-20(28)15-12-18/h6,9-12,14-15,17,23H,4-5,7-8,13,16H2,1-3H3,(H,32,34). The second-order valence-electron chi connectivity index (χ2n) is 9.99. The molecule has 0 aromatic heterocycles. The molecule has 4 nitrogen and oxygen atoms in total.